The van der Waals surface area contributed by atoms with Crippen LogP contribution in [0.5, 0.6) is 17.2 Å². The number of nitrogens with zero attached hydrogens (tertiary/aromatic N) is 1. The average Bonchev–Trinajstić information content (AvgIpc) is 2.75. The number of carbonyl (C=O) groups is 2. The first-order chi connectivity index (χ1) is 14.0. The molecule has 0 aromatic heterocycles. The van der Waals surface area contributed by atoms with Crippen LogP contribution in [-0.4, -0.2) is 64.2 Å². The fourth-order valence-corrected chi connectivity index (χ4v) is 3.39. The number of benzene rings is 1. The second-order valence-electron chi connectivity index (χ2n) is 6.88. The molecule has 0 radical (unpaired) electrons. The second kappa shape index (κ2) is 11.5. The second-order valence-corrected chi connectivity index (χ2v) is 6.88. The third kappa shape index (κ3) is 6.49. The van der Waals surface area contributed by atoms with Crippen LogP contribution >= 0.6 is 0 Å². The molecule has 0 amide bonds. The van der Waals surface area contributed by atoms with Gasteiger partial charge in [0, 0.05) is 13.0 Å². The smallest absolute Gasteiger partial charge is 0.309 e. The summed E-state index contributed by atoms with van der Waals surface area (Å²) in [7, 11) is 4.66. The van der Waals surface area contributed by atoms with Crippen LogP contribution in [0.3, 0.4) is 0 Å². The molecule has 0 spiro atoms. The van der Waals surface area contributed by atoms with Gasteiger partial charge in [0.2, 0.25) is 5.75 Å². The van der Waals surface area contributed by atoms with Gasteiger partial charge in [-0.3, -0.25) is 9.59 Å². The van der Waals surface area contributed by atoms with Crippen molar-refractivity contribution in [3.8, 4) is 17.2 Å². The van der Waals surface area contributed by atoms with Gasteiger partial charge in [-0.05, 0) is 56.6 Å². The first kappa shape index (κ1) is 22.7. The topological polar surface area (TPSA) is 74.3 Å². The summed E-state index contributed by atoms with van der Waals surface area (Å²) in [5.74, 6) is 1.54. The van der Waals surface area contributed by atoms with E-state index in [1.165, 1.54) is 0 Å². The van der Waals surface area contributed by atoms with E-state index in [-0.39, 0.29) is 17.7 Å². The summed E-state index contributed by atoms with van der Waals surface area (Å²) in [5, 5.41) is 0. The van der Waals surface area contributed by atoms with Gasteiger partial charge >= 0.3 is 5.97 Å². The third-order valence-electron chi connectivity index (χ3n) is 5.03. The summed E-state index contributed by atoms with van der Waals surface area (Å²) in [5.41, 5.74) is 0.795. The Morgan fingerprint density at radius 3 is 2.21 bits per heavy atom. The molecule has 1 aromatic rings. The summed E-state index contributed by atoms with van der Waals surface area (Å²) in [4.78, 5) is 26.3. The molecule has 29 heavy (non-hydrogen) atoms. The number of hydrogen-bond acceptors (Lipinski definition) is 7. The first-order valence-electron chi connectivity index (χ1n) is 9.92. The van der Waals surface area contributed by atoms with Gasteiger partial charge in [-0.15, -0.1) is 0 Å². The number of rotatable bonds is 10. The number of ketones is 1. The molecule has 1 aromatic carbocycles. The zero-order valence-electron chi connectivity index (χ0n) is 17.7. The summed E-state index contributed by atoms with van der Waals surface area (Å²) < 4.78 is 21.1. The Hall–Kier alpha value is -2.54. The predicted octanol–water partition coefficient (Wildman–Crippen LogP) is 2.96. The van der Waals surface area contributed by atoms with Crippen molar-refractivity contribution in [1.29, 1.82) is 0 Å². The number of allylic oxidation sites excluding steroid dienone is 1. The SMILES string of the molecule is CCOC(=O)C1CCN(CCC(=O)/C=C/c2cc(OC)c(OC)c(OC)c2)CC1. The molecule has 1 aliphatic heterocycles. The van der Waals surface area contributed by atoms with Crippen LogP contribution in [0.15, 0.2) is 18.2 Å². The zero-order valence-corrected chi connectivity index (χ0v) is 17.7. The highest BCUT2D eigenvalue weighted by atomic mass is 16.5. The highest BCUT2D eigenvalue weighted by Crippen LogP contribution is 2.38. The van der Waals surface area contributed by atoms with Gasteiger partial charge in [-0.25, -0.2) is 0 Å². The van der Waals surface area contributed by atoms with E-state index in [1.807, 2.05) is 6.92 Å². The number of methoxy groups -OCH3 is 3. The summed E-state index contributed by atoms with van der Waals surface area (Å²) in [6, 6.07) is 3.59. The lowest BCUT2D eigenvalue weighted by molar-refractivity contribution is -0.149. The molecule has 0 N–H and O–H groups in total. The van der Waals surface area contributed by atoms with Crippen LogP contribution in [0.1, 0.15) is 31.7 Å². The largest absolute Gasteiger partial charge is 0.493 e. The molecule has 0 saturated carbocycles. The van der Waals surface area contributed by atoms with Crippen LogP contribution in [0.4, 0.5) is 0 Å². The molecular weight excluding hydrogens is 374 g/mol. The average molecular weight is 405 g/mol. The van der Waals surface area contributed by atoms with Crippen LogP contribution in [0.25, 0.3) is 6.08 Å². The predicted molar refractivity (Wildman–Crippen MR) is 111 cm³/mol. The van der Waals surface area contributed by atoms with Gasteiger partial charge in [-0.1, -0.05) is 6.08 Å². The van der Waals surface area contributed by atoms with E-state index in [0.29, 0.717) is 36.8 Å². The standard InChI is InChI=1S/C22H31NO6/c1-5-29-22(25)17-8-11-23(12-9-17)13-10-18(24)7-6-16-14-19(26-2)21(28-4)20(15-16)27-3/h6-7,14-15,17H,5,8-13H2,1-4H3/b7-6+. The van der Waals surface area contributed by atoms with Gasteiger partial charge in [0.1, 0.15) is 0 Å². The first-order valence-corrected chi connectivity index (χ1v) is 9.92. The minimum Gasteiger partial charge on any atom is -0.493 e. The van der Waals surface area contributed by atoms with Crippen molar-refractivity contribution in [3.63, 3.8) is 0 Å². The van der Waals surface area contributed by atoms with Gasteiger partial charge in [0.05, 0.1) is 33.9 Å². The van der Waals surface area contributed by atoms with E-state index < -0.39 is 0 Å². The minimum absolute atomic E-state index is 0.0122. The normalized spacial score (nSPS) is 15.3. The maximum absolute atomic E-state index is 12.3. The molecule has 0 atom stereocenters. The number of esters is 1. The monoisotopic (exact) mass is 405 g/mol. The van der Waals surface area contributed by atoms with E-state index in [0.717, 1.165) is 31.5 Å². The quantitative estimate of drug-likeness (QED) is 0.438. The van der Waals surface area contributed by atoms with E-state index in [2.05, 4.69) is 4.90 Å². The molecule has 1 fully saturated rings. The molecule has 0 unspecified atom stereocenters. The number of piperidine rings is 1. The Balaban J connectivity index is 1.85. The summed E-state index contributed by atoms with van der Waals surface area (Å²) in [6.45, 7) is 4.56. The fraction of sp³-hybridized carbons (Fsp3) is 0.545. The molecule has 7 heteroatoms. The number of hydrogen-bond donors (Lipinski definition) is 0. The maximum Gasteiger partial charge on any atom is 0.309 e. The lowest BCUT2D eigenvalue weighted by Crippen LogP contribution is -2.37. The zero-order chi connectivity index (χ0) is 21.2. The van der Waals surface area contributed by atoms with E-state index in [1.54, 1.807) is 45.6 Å². The van der Waals surface area contributed by atoms with Gasteiger partial charge < -0.3 is 23.8 Å². The molecule has 0 bridgehead atoms. The lowest BCUT2D eigenvalue weighted by atomic mass is 9.97. The third-order valence-corrected chi connectivity index (χ3v) is 5.03. The van der Waals surface area contributed by atoms with Crippen LogP contribution in [0.2, 0.25) is 0 Å². The Labute approximate surface area is 172 Å². The molecule has 1 heterocycles. The van der Waals surface area contributed by atoms with E-state index >= 15 is 0 Å². The molecule has 2 rings (SSSR count). The lowest BCUT2D eigenvalue weighted by Gasteiger charge is -2.30. The van der Waals surface area contributed by atoms with Crippen molar-refractivity contribution in [1.82, 2.24) is 4.90 Å². The van der Waals surface area contributed by atoms with Gasteiger partial charge in [0.15, 0.2) is 17.3 Å². The van der Waals surface area contributed by atoms with Crippen molar-refractivity contribution in [3.05, 3.63) is 23.8 Å². The summed E-state index contributed by atoms with van der Waals surface area (Å²) in [6.07, 6.45) is 5.33. The van der Waals surface area contributed by atoms with Crippen molar-refractivity contribution in [2.24, 2.45) is 5.92 Å². The highest BCUT2D eigenvalue weighted by molar-refractivity contribution is 5.93. The minimum atomic E-state index is -0.100. The van der Waals surface area contributed by atoms with Crippen molar-refractivity contribution < 1.29 is 28.5 Å². The Morgan fingerprint density at radius 2 is 1.69 bits per heavy atom. The molecule has 1 saturated heterocycles. The molecule has 7 nitrogen and oxygen atoms in total. The van der Waals surface area contributed by atoms with Gasteiger partial charge in [0.25, 0.3) is 0 Å². The number of carbonyl (C=O) groups excluding carboxylic acids is 2. The highest BCUT2D eigenvalue weighted by Gasteiger charge is 2.25. The molecular formula is C22H31NO6. The number of likely N-dealkylation sites (tertiary alicyclic amines) is 1. The number of ether oxygens (including phenoxy) is 4. The van der Waals surface area contributed by atoms with Crippen molar-refractivity contribution >= 4 is 17.8 Å². The Kier molecular flexibility index (Phi) is 8.99. The van der Waals surface area contributed by atoms with Crippen molar-refractivity contribution in [2.45, 2.75) is 26.2 Å². The van der Waals surface area contributed by atoms with Gasteiger partial charge in [-0.2, -0.15) is 0 Å². The van der Waals surface area contributed by atoms with Crippen molar-refractivity contribution in [2.75, 3.05) is 47.6 Å². The van der Waals surface area contributed by atoms with Crippen LogP contribution in [-0.2, 0) is 14.3 Å². The van der Waals surface area contributed by atoms with Crippen LogP contribution < -0.4 is 14.2 Å². The van der Waals surface area contributed by atoms with Crippen LogP contribution in [0, 0.1) is 5.92 Å². The van der Waals surface area contributed by atoms with E-state index in [4.69, 9.17) is 18.9 Å². The molecule has 160 valence electrons. The fourth-order valence-electron chi connectivity index (χ4n) is 3.39. The Bertz CT molecular complexity index is 697. The Morgan fingerprint density at radius 1 is 1.07 bits per heavy atom. The maximum atomic E-state index is 12.3. The molecule has 1 aliphatic rings. The van der Waals surface area contributed by atoms with E-state index in [9.17, 15) is 9.59 Å². The summed E-state index contributed by atoms with van der Waals surface area (Å²) >= 11 is 0. The molecule has 0 aliphatic carbocycles.